The third-order valence-corrected chi connectivity index (χ3v) is 3.91. The number of nitrogens with two attached hydrogens (primary N) is 1. The van der Waals surface area contributed by atoms with E-state index in [2.05, 4.69) is 28.6 Å². The standard InChI is InChI=1S/C13H21ClN4/c1-3-18-7-6-17(8-10(18)2)9-12-11(14)4-5-13(15)16-12/h4-5,10H,3,6-9H2,1-2H3,(H2,15,16). The van der Waals surface area contributed by atoms with Gasteiger partial charge in [0.15, 0.2) is 0 Å². The van der Waals surface area contributed by atoms with E-state index in [-0.39, 0.29) is 0 Å². The van der Waals surface area contributed by atoms with Gasteiger partial charge in [-0.15, -0.1) is 0 Å². The molecule has 1 aliphatic rings. The Morgan fingerprint density at radius 2 is 2.22 bits per heavy atom. The Labute approximate surface area is 114 Å². The SMILES string of the molecule is CCN1CCN(Cc2nc(N)ccc2Cl)CC1C. The number of nitrogen functional groups attached to an aromatic ring is 1. The highest BCUT2D eigenvalue weighted by Gasteiger charge is 2.23. The first kappa shape index (κ1) is 13.6. The average Bonchev–Trinajstić information content (AvgIpc) is 2.34. The van der Waals surface area contributed by atoms with Crippen LogP contribution in [0.1, 0.15) is 19.5 Å². The Bertz CT molecular complexity index is 410. The minimum absolute atomic E-state index is 0.537. The highest BCUT2D eigenvalue weighted by molar-refractivity contribution is 6.31. The molecule has 100 valence electrons. The number of hydrogen-bond acceptors (Lipinski definition) is 4. The second kappa shape index (κ2) is 5.87. The lowest BCUT2D eigenvalue weighted by Crippen LogP contribution is -2.51. The summed E-state index contributed by atoms with van der Waals surface area (Å²) >= 11 is 6.15. The molecule has 2 rings (SSSR count). The van der Waals surface area contributed by atoms with Gasteiger partial charge in [0.2, 0.25) is 0 Å². The fraction of sp³-hybridized carbons (Fsp3) is 0.615. The lowest BCUT2D eigenvalue weighted by atomic mass is 10.2. The van der Waals surface area contributed by atoms with Gasteiger partial charge in [0.25, 0.3) is 0 Å². The number of aromatic nitrogens is 1. The molecular weight excluding hydrogens is 248 g/mol. The van der Waals surface area contributed by atoms with Gasteiger partial charge in [-0.2, -0.15) is 0 Å². The number of rotatable bonds is 3. The zero-order valence-electron chi connectivity index (χ0n) is 11.1. The van der Waals surface area contributed by atoms with Gasteiger partial charge in [-0.1, -0.05) is 18.5 Å². The van der Waals surface area contributed by atoms with Crippen LogP contribution in [-0.4, -0.2) is 47.0 Å². The van der Waals surface area contributed by atoms with Gasteiger partial charge in [-0.05, 0) is 25.6 Å². The predicted octanol–water partition coefficient (Wildman–Crippen LogP) is 1.84. The number of nitrogens with zero attached hydrogens (tertiary/aromatic N) is 3. The van der Waals surface area contributed by atoms with Crippen LogP contribution < -0.4 is 5.73 Å². The number of anilines is 1. The van der Waals surface area contributed by atoms with Crippen molar-refractivity contribution in [2.45, 2.75) is 26.4 Å². The summed E-state index contributed by atoms with van der Waals surface area (Å²) in [6, 6.07) is 4.15. The van der Waals surface area contributed by atoms with E-state index in [4.69, 9.17) is 17.3 Å². The van der Waals surface area contributed by atoms with Gasteiger partial charge in [0, 0.05) is 32.2 Å². The molecule has 1 atom stereocenters. The maximum Gasteiger partial charge on any atom is 0.123 e. The summed E-state index contributed by atoms with van der Waals surface area (Å²) in [5.74, 6) is 0.537. The summed E-state index contributed by atoms with van der Waals surface area (Å²) in [4.78, 5) is 9.21. The van der Waals surface area contributed by atoms with Crippen LogP contribution >= 0.6 is 11.6 Å². The fourth-order valence-corrected chi connectivity index (χ4v) is 2.67. The van der Waals surface area contributed by atoms with Crippen molar-refractivity contribution < 1.29 is 0 Å². The lowest BCUT2D eigenvalue weighted by molar-refractivity contribution is 0.0827. The smallest absolute Gasteiger partial charge is 0.123 e. The fourth-order valence-electron chi connectivity index (χ4n) is 2.51. The molecule has 2 heterocycles. The summed E-state index contributed by atoms with van der Waals surface area (Å²) in [6.07, 6.45) is 0. The summed E-state index contributed by atoms with van der Waals surface area (Å²) < 4.78 is 0. The Hall–Kier alpha value is -0.840. The molecule has 1 unspecified atom stereocenters. The van der Waals surface area contributed by atoms with Crippen molar-refractivity contribution in [3.8, 4) is 0 Å². The molecule has 1 aromatic heterocycles. The van der Waals surface area contributed by atoms with E-state index in [1.807, 2.05) is 6.07 Å². The highest BCUT2D eigenvalue weighted by Crippen LogP contribution is 2.19. The second-order valence-corrected chi connectivity index (χ2v) is 5.28. The second-order valence-electron chi connectivity index (χ2n) is 4.88. The summed E-state index contributed by atoms with van der Waals surface area (Å²) in [7, 11) is 0. The van der Waals surface area contributed by atoms with Crippen LogP contribution in [0.2, 0.25) is 5.02 Å². The van der Waals surface area contributed by atoms with Gasteiger partial charge in [-0.3, -0.25) is 9.80 Å². The van der Waals surface area contributed by atoms with E-state index in [1.54, 1.807) is 6.07 Å². The first-order chi connectivity index (χ1) is 8.60. The Morgan fingerprint density at radius 3 is 2.89 bits per heavy atom. The molecule has 0 radical (unpaired) electrons. The van der Waals surface area contributed by atoms with E-state index in [1.165, 1.54) is 0 Å². The molecule has 0 amide bonds. The van der Waals surface area contributed by atoms with Crippen molar-refractivity contribution in [3.63, 3.8) is 0 Å². The zero-order valence-corrected chi connectivity index (χ0v) is 11.8. The van der Waals surface area contributed by atoms with E-state index >= 15 is 0 Å². The monoisotopic (exact) mass is 268 g/mol. The van der Waals surface area contributed by atoms with E-state index in [9.17, 15) is 0 Å². The third kappa shape index (κ3) is 3.13. The molecule has 4 nitrogen and oxygen atoms in total. The molecule has 0 aromatic carbocycles. The third-order valence-electron chi connectivity index (χ3n) is 3.57. The van der Waals surface area contributed by atoms with Crippen LogP contribution in [0.15, 0.2) is 12.1 Å². The average molecular weight is 269 g/mol. The topological polar surface area (TPSA) is 45.4 Å². The molecule has 1 fully saturated rings. The molecule has 1 saturated heterocycles. The molecule has 0 bridgehead atoms. The summed E-state index contributed by atoms with van der Waals surface area (Å²) in [6.45, 7) is 9.60. The number of pyridine rings is 1. The molecule has 1 aliphatic heterocycles. The van der Waals surface area contributed by atoms with Crippen LogP contribution in [-0.2, 0) is 6.54 Å². The van der Waals surface area contributed by atoms with Gasteiger partial charge < -0.3 is 5.73 Å². The summed E-state index contributed by atoms with van der Waals surface area (Å²) in [5, 5.41) is 0.703. The molecule has 5 heteroatoms. The van der Waals surface area contributed by atoms with Crippen LogP contribution in [0, 0.1) is 0 Å². The minimum atomic E-state index is 0.537. The molecular formula is C13H21ClN4. The van der Waals surface area contributed by atoms with Crippen molar-refractivity contribution in [2.75, 3.05) is 31.9 Å². The first-order valence-corrected chi connectivity index (χ1v) is 6.85. The van der Waals surface area contributed by atoms with Crippen LogP contribution in [0.5, 0.6) is 0 Å². The van der Waals surface area contributed by atoms with Crippen molar-refractivity contribution in [2.24, 2.45) is 0 Å². The summed E-state index contributed by atoms with van der Waals surface area (Å²) in [5.41, 5.74) is 6.59. The Kier molecular flexibility index (Phi) is 4.43. The van der Waals surface area contributed by atoms with Crippen LogP contribution in [0.4, 0.5) is 5.82 Å². The van der Waals surface area contributed by atoms with Crippen molar-refractivity contribution >= 4 is 17.4 Å². The van der Waals surface area contributed by atoms with Crippen molar-refractivity contribution in [1.29, 1.82) is 0 Å². The Morgan fingerprint density at radius 1 is 1.44 bits per heavy atom. The van der Waals surface area contributed by atoms with Gasteiger partial charge in [0.05, 0.1) is 10.7 Å². The normalized spacial score (nSPS) is 22.3. The quantitative estimate of drug-likeness (QED) is 0.909. The number of piperazine rings is 1. The maximum atomic E-state index is 6.15. The number of likely N-dealkylation sites (N-methyl/N-ethyl adjacent to an activating group) is 1. The van der Waals surface area contributed by atoms with Gasteiger partial charge >= 0.3 is 0 Å². The molecule has 0 aliphatic carbocycles. The van der Waals surface area contributed by atoms with E-state index < -0.39 is 0 Å². The molecule has 1 aromatic rings. The lowest BCUT2D eigenvalue weighted by Gasteiger charge is -2.39. The predicted molar refractivity (Wildman–Crippen MR) is 75.6 cm³/mol. The highest BCUT2D eigenvalue weighted by atomic mass is 35.5. The molecule has 18 heavy (non-hydrogen) atoms. The molecule has 0 spiro atoms. The van der Waals surface area contributed by atoms with E-state index in [0.717, 1.165) is 38.4 Å². The maximum absolute atomic E-state index is 6.15. The van der Waals surface area contributed by atoms with Crippen LogP contribution in [0.3, 0.4) is 0 Å². The molecule has 0 saturated carbocycles. The van der Waals surface area contributed by atoms with E-state index in [0.29, 0.717) is 16.9 Å². The first-order valence-electron chi connectivity index (χ1n) is 6.47. The minimum Gasteiger partial charge on any atom is -0.384 e. The zero-order chi connectivity index (χ0) is 13.1. The van der Waals surface area contributed by atoms with Crippen molar-refractivity contribution in [3.05, 3.63) is 22.8 Å². The van der Waals surface area contributed by atoms with Gasteiger partial charge in [0.1, 0.15) is 5.82 Å². The largest absolute Gasteiger partial charge is 0.384 e. The van der Waals surface area contributed by atoms with Crippen LogP contribution in [0.25, 0.3) is 0 Å². The van der Waals surface area contributed by atoms with Crippen molar-refractivity contribution in [1.82, 2.24) is 14.8 Å². The molecule has 2 N–H and O–H groups in total. The van der Waals surface area contributed by atoms with Gasteiger partial charge in [-0.25, -0.2) is 4.98 Å². The Balaban J connectivity index is 2.00. The number of hydrogen-bond donors (Lipinski definition) is 1. The number of halogens is 1.